The monoisotopic (exact) mass is 214 g/mol. The molecule has 0 saturated carbocycles. The molecule has 0 spiro atoms. The van der Waals surface area contributed by atoms with Crippen LogP contribution in [0.3, 0.4) is 0 Å². The van der Waals surface area contributed by atoms with Crippen LogP contribution in [0.15, 0.2) is 0 Å². The van der Waals surface area contributed by atoms with Gasteiger partial charge in [-0.1, -0.05) is 6.92 Å². The molecule has 0 aromatic carbocycles. The highest BCUT2D eigenvalue weighted by Gasteiger charge is 2.33. The Morgan fingerprint density at radius 1 is 1.60 bits per heavy atom. The van der Waals surface area contributed by atoms with Crippen molar-refractivity contribution in [2.75, 3.05) is 13.1 Å². The topological polar surface area (TPSA) is 101 Å². The largest absolute Gasteiger partial charge is 0.369 e. The molecule has 5 N–H and O–H groups in total. The van der Waals surface area contributed by atoms with Gasteiger partial charge >= 0.3 is 0 Å². The van der Waals surface area contributed by atoms with E-state index >= 15 is 0 Å². The SMILES string of the molecule is CCC(C(=O)NN)N1CCC(C(N)=O)C1. The van der Waals surface area contributed by atoms with Crippen LogP contribution in [-0.4, -0.2) is 35.8 Å². The maximum absolute atomic E-state index is 11.4. The highest BCUT2D eigenvalue weighted by atomic mass is 16.2. The summed E-state index contributed by atoms with van der Waals surface area (Å²) < 4.78 is 0. The third-order valence-corrected chi connectivity index (χ3v) is 2.89. The number of rotatable bonds is 4. The Morgan fingerprint density at radius 3 is 2.67 bits per heavy atom. The molecule has 1 heterocycles. The first-order valence-corrected chi connectivity index (χ1v) is 5.14. The van der Waals surface area contributed by atoms with Crippen molar-refractivity contribution < 1.29 is 9.59 Å². The van der Waals surface area contributed by atoms with Crippen LogP contribution in [0.25, 0.3) is 0 Å². The second-order valence-corrected chi connectivity index (χ2v) is 3.82. The Morgan fingerprint density at radius 2 is 2.27 bits per heavy atom. The lowest BCUT2D eigenvalue weighted by molar-refractivity contribution is -0.127. The number of carbonyl (C=O) groups is 2. The van der Waals surface area contributed by atoms with Gasteiger partial charge in [0, 0.05) is 6.54 Å². The number of nitrogens with zero attached hydrogens (tertiary/aromatic N) is 1. The van der Waals surface area contributed by atoms with Gasteiger partial charge in [-0.25, -0.2) is 5.84 Å². The van der Waals surface area contributed by atoms with Gasteiger partial charge < -0.3 is 5.73 Å². The summed E-state index contributed by atoms with van der Waals surface area (Å²) >= 11 is 0. The minimum absolute atomic E-state index is 0.135. The fourth-order valence-corrected chi connectivity index (χ4v) is 2.01. The van der Waals surface area contributed by atoms with Crippen LogP contribution >= 0.6 is 0 Å². The molecule has 1 saturated heterocycles. The van der Waals surface area contributed by atoms with Gasteiger partial charge in [0.05, 0.1) is 12.0 Å². The summed E-state index contributed by atoms with van der Waals surface area (Å²) in [7, 11) is 0. The van der Waals surface area contributed by atoms with E-state index in [9.17, 15) is 9.59 Å². The van der Waals surface area contributed by atoms with Crippen molar-refractivity contribution >= 4 is 11.8 Å². The summed E-state index contributed by atoms with van der Waals surface area (Å²) in [5.74, 6) is 4.46. The normalized spacial score (nSPS) is 23.7. The molecule has 6 nitrogen and oxygen atoms in total. The second kappa shape index (κ2) is 5.09. The van der Waals surface area contributed by atoms with Gasteiger partial charge in [-0.3, -0.25) is 19.9 Å². The number of hydrogen-bond donors (Lipinski definition) is 3. The number of hydrogen-bond acceptors (Lipinski definition) is 4. The molecule has 1 fully saturated rings. The lowest BCUT2D eigenvalue weighted by Gasteiger charge is -2.24. The van der Waals surface area contributed by atoms with E-state index in [1.807, 2.05) is 11.8 Å². The summed E-state index contributed by atoms with van der Waals surface area (Å²) in [5, 5.41) is 0. The van der Waals surface area contributed by atoms with Gasteiger partial charge in [-0.15, -0.1) is 0 Å². The Hall–Kier alpha value is -1.14. The summed E-state index contributed by atoms with van der Waals surface area (Å²) in [4.78, 5) is 24.3. The predicted molar refractivity (Wildman–Crippen MR) is 55.3 cm³/mol. The van der Waals surface area contributed by atoms with Gasteiger partial charge in [0.1, 0.15) is 0 Å². The number of primary amides is 1. The Balaban J connectivity index is 2.57. The molecule has 0 radical (unpaired) electrons. The van der Waals surface area contributed by atoms with Crippen molar-refractivity contribution in [3.8, 4) is 0 Å². The van der Waals surface area contributed by atoms with Crippen molar-refractivity contribution in [2.24, 2.45) is 17.5 Å². The third-order valence-electron chi connectivity index (χ3n) is 2.89. The molecule has 0 aromatic rings. The molecule has 0 bridgehead atoms. The van der Waals surface area contributed by atoms with Gasteiger partial charge in [0.2, 0.25) is 5.91 Å². The van der Waals surface area contributed by atoms with Crippen LogP contribution in [0.1, 0.15) is 19.8 Å². The molecular weight excluding hydrogens is 196 g/mol. The zero-order valence-corrected chi connectivity index (χ0v) is 8.90. The van der Waals surface area contributed by atoms with Crippen molar-refractivity contribution in [1.29, 1.82) is 0 Å². The van der Waals surface area contributed by atoms with Crippen molar-refractivity contribution in [3.63, 3.8) is 0 Å². The van der Waals surface area contributed by atoms with Crippen LogP contribution in [0.4, 0.5) is 0 Å². The van der Waals surface area contributed by atoms with Crippen LogP contribution in [-0.2, 0) is 9.59 Å². The molecule has 1 aliphatic heterocycles. The number of carbonyl (C=O) groups excluding carboxylic acids is 2. The third kappa shape index (κ3) is 2.66. The zero-order valence-electron chi connectivity index (χ0n) is 8.90. The first-order chi connectivity index (χ1) is 7.10. The average molecular weight is 214 g/mol. The fraction of sp³-hybridized carbons (Fsp3) is 0.778. The Kier molecular flexibility index (Phi) is 4.05. The Labute approximate surface area is 88.9 Å². The molecular formula is C9H18N4O2. The van der Waals surface area contributed by atoms with E-state index in [-0.39, 0.29) is 23.8 Å². The fourth-order valence-electron chi connectivity index (χ4n) is 2.01. The molecule has 0 aromatic heterocycles. The smallest absolute Gasteiger partial charge is 0.251 e. The van der Waals surface area contributed by atoms with Crippen LogP contribution in [0.2, 0.25) is 0 Å². The number of nitrogens with one attached hydrogen (secondary N) is 1. The highest BCUT2D eigenvalue weighted by Crippen LogP contribution is 2.19. The maximum Gasteiger partial charge on any atom is 0.251 e. The number of nitrogens with two attached hydrogens (primary N) is 2. The minimum atomic E-state index is -0.291. The molecule has 15 heavy (non-hydrogen) atoms. The molecule has 1 rings (SSSR count). The molecule has 86 valence electrons. The van der Waals surface area contributed by atoms with Gasteiger partial charge in [0.25, 0.3) is 5.91 Å². The number of hydrazine groups is 1. The van der Waals surface area contributed by atoms with Gasteiger partial charge in [-0.2, -0.15) is 0 Å². The minimum Gasteiger partial charge on any atom is -0.369 e. The first kappa shape index (κ1) is 11.9. The van der Waals surface area contributed by atoms with E-state index < -0.39 is 0 Å². The highest BCUT2D eigenvalue weighted by molar-refractivity contribution is 5.81. The quantitative estimate of drug-likeness (QED) is 0.303. The van der Waals surface area contributed by atoms with Gasteiger partial charge in [-0.05, 0) is 19.4 Å². The summed E-state index contributed by atoms with van der Waals surface area (Å²) in [6.07, 6.45) is 1.40. The van der Waals surface area contributed by atoms with E-state index in [1.54, 1.807) is 0 Å². The molecule has 1 aliphatic rings. The average Bonchev–Trinajstić information content (AvgIpc) is 2.68. The number of amides is 2. The Bertz CT molecular complexity index is 256. The summed E-state index contributed by atoms with van der Waals surface area (Å²) in [5.41, 5.74) is 7.36. The van der Waals surface area contributed by atoms with E-state index in [0.29, 0.717) is 13.0 Å². The molecule has 2 unspecified atom stereocenters. The number of likely N-dealkylation sites (tertiary alicyclic amines) is 1. The summed E-state index contributed by atoms with van der Waals surface area (Å²) in [6, 6.07) is -0.251. The standard InChI is InChI=1S/C9H18N4O2/c1-2-7(9(15)12-11)13-4-3-6(5-13)8(10)14/h6-7H,2-5,11H2,1H3,(H2,10,14)(H,12,15). The van der Waals surface area contributed by atoms with E-state index in [1.165, 1.54) is 0 Å². The predicted octanol–water partition coefficient (Wildman–Crippen LogP) is -1.44. The van der Waals surface area contributed by atoms with E-state index in [2.05, 4.69) is 5.43 Å². The lowest BCUT2D eigenvalue weighted by atomic mass is 10.1. The first-order valence-electron chi connectivity index (χ1n) is 5.14. The molecule has 2 atom stereocenters. The molecule has 0 aliphatic carbocycles. The summed E-state index contributed by atoms with van der Waals surface area (Å²) in [6.45, 7) is 3.19. The van der Waals surface area contributed by atoms with Crippen molar-refractivity contribution in [1.82, 2.24) is 10.3 Å². The van der Waals surface area contributed by atoms with Crippen molar-refractivity contribution in [3.05, 3.63) is 0 Å². The molecule has 6 heteroatoms. The van der Waals surface area contributed by atoms with E-state index in [0.717, 1.165) is 13.0 Å². The molecule has 2 amide bonds. The zero-order chi connectivity index (χ0) is 11.4. The maximum atomic E-state index is 11.4. The van der Waals surface area contributed by atoms with Crippen LogP contribution in [0.5, 0.6) is 0 Å². The lowest BCUT2D eigenvalue weighted by Crippen LogP contribution is -2.48. The van der Waals surface area contributed by atoms with Crippen LogP contribution < -0.4 is 17.0 Å². The van der Waals surface area contributed by atoms with Crippen LogP contribution in [0, 0.1) is 5.92 Å². The second-order valence-electron chi connectivity index (χ2n) is 3.82. The van der Waals surface area contributed by atoms with Crippen molar-refractivity contribution in [2.45, 2.75) is 25.8 Å². The van der Waals surface area contributed by atoms with Gasteiger partial charge in [0.15, 0.2) is 0 Å². The van der Waals surface area contributed by atoms with E-state index in [4.69, 9.17) is 11.6 Å².